The molecule has 1 heterocycles. The zero-order chi connectivity index (χ0) is 15.0. The van der Waals surface area contributed by atoms with E-state index in [1.807, 2.05) is 30.5 Å². The summed E-state index contributed by atoms with van der Waals surface area (Å²) in [4.78, 5) is 8.36. The molecule has 21 heavy (non-hydrogen) atoms. The molecule has 0 aliphatic carbocycles. The Balaban J connectivity index is 1.95. The van der Waals surface area contributed by atoms with E-state index in [9.17, 15) is 8.78 Å². The van der Waals surface area contributed by atoms with E-state index in [0.717, 1.165) is 5.56 Å². The molecule has 3 aromatic rings. The van der Waals surface area contributed by atoms with Crippen molar-refractivity contribution in [1.29, 1.82) is 0 Å². The molecule has 0 amide bonds. The van der Waals surface area contributed by atoms with Gasteiger partial charge in [-0.3, -0.25) is 0 Å². The highest BCUT2D eigenvalue weighted by atomic mass is 79.9. The van der Waals surface area contributed by atoms with Gasteiger partial charge in [0.2, 0.25) is 0 Å². The lowest BCUT2D eigenvalue weighted by Gasteiger charge is -2.00. The van der Waals surface area contributed by atoms with Crippen LogP contribution in [0.2, 0.25) is 0 Å². The molecule has 0 fully saturated rings. The summed E-state index contributed by atoms with van der Waals surface area (Å²) in [6.07, 6.45) is 2.56. The lowest BCUT2D eigenvalue weighted by atomic mass is 10.1. The van der Waals surface area contributed by atoms with Crippen molar-refractivity contribution in [3.63, 3.8) is 0 Å². The largest absolute Gasteiger partial charge is 0.342 e. The molecular formula is C15H11BrF2N2S. The number of aromatic amines is 1. The maximum Gasteiger partial charge on any atom is 0.168 e. The fourth-order valence-corrected chi connectivity index (χ4v) is 2.84. The number of halogens is 3. The number of hydrogen-bond donors (Lipinski definition) is 1. The molecule has 1 aromatic heterocycles. The highest BCUT2D eigenvalue weighted by Crippen LogP contribution is 2.27. The molecule has 0 bridgehead atoms. The number of rotatable bonds is 3. The number of imidazole rings is 1. The molecule has 0 spiro atoms. The van der Waals surface area contributed by atoms with Crippen molar-refractivity contribution in [3.8, 4) is 0 Å². The minimum Gasteiger partial charge on any atom is -0.342 e. The minimum absolute atomic E-state index is 0.152. The van der Waals surface area contributed by atoms with Crippen LogP contribution >= 0.6 is 27.7 Å². The number of nitrogens with zero attached hydrogens (tertiary/aromatic N) is 1. The first-order valence-corrected chi connectivity index (χ1v) is 8.25. The monoisotopic (exact) mass is 368 g/mol. The van der Waals surface area contributed by atoms with E-state index < -0.39 is 11.6 Å². The van der Waals surface area contributed by atoms with Gasteiger partial charge in [0.1, 0.15) is 17.2 Å². The quantitative estimate of drug-likeness (QED) is 0.525. The van der Waals surface area contributed by atoms with E-state index in [0.29, 0.717) is 17.8 Å². The Hall–Kier alpha value is -1.40. The molecule has 1 N–H and O–H groups in total. The third kappa shape index (κ3) is 2.82. The first-order chi connectivity index (χ1) is 10.1. The molecule has 3 rings (SSSR count). The van der Waals surface area contributed by atoms with Crippen molar-refractivity contribution in [2.45, 2.75) is 11.3 Å². The summed E-state index contributed by atoms with van der Waals surface area (Å²) in [5.41, 5.74) is 1.58. The van der Waals surface area contributed by atoms with Gasteiger partial charge in [-0.25, -0.2) is 13.8 Å². The van der Waals surface area contributed by atoms with Crippen LogP contribution in [0.25, 0.3) is 11.0 Å². The predicted molar refractivity (Wildman–Crippen MR) is 84.7 cm³/mol. The fourth-order valence-electron chi connectivity index (χ4n) is 2.13. The van der Waals surface area contributed by atoms with Gasteiger partial charge in [-0.2, -0.15) is 0 Å². The third-order valence-electron chi connectivity index (χ3n) is 3.19. The number of thioether (sulfide) groups is 1. The molecule has 0 atom stereocenters. The Labute approximate surface area is 133 Å². The average molecular weight is 369 g/mol. The molecule has 0 saturated heterocycles. The second kappa shape index (κ2) is 5.77. The second-order valence-electron chi connectivity index (χ2n) is 4.59. The molecule has 6 heteroatoms. The number of benzene rings is 2. The smallest absolute Gasteiger partial charge is 0.168 e. The third-order valence-corrected chi connectivity index (χ3v) is 4.66. The Morgan fingerprint density at radius 1 is 1.24 bits per heavy atom. The van der Waals surface area contributed by atoms with Crippen molar-refractivity contribution < 1.29 is 8.78 Å². The number of fused-ring (bicyclic) bond motifs is 1. The van der Waals surface area contributed by atoms with Gasteiger partial charge in [-0.05, 0) is 39.9 Å². The van der Waals surface area contributed by atoms with Crippen molar-refractivity contribution in [1.82, 2.24) is 9.97 Å². The zero-order valence-corrected chi connectivity index (χ0v) is 13.5. The molecule has 0 aliphatic rings. The maximum absolute atomic E-state index is 13.9. The van der Waals surface area contributed by atoms with E-state index in [4.69, 9.17) is 0 Å². The number of aromatic nitrogens is 2. The minimum atomic E-state index is -0.676. The van der Waals surface area contributed by atoms with Crippen molar-refractivity contribution in [2.24, 2.45) is 0 Å². The van der Waals surface area contributed by atoms with Crippen LogP contribution in [0.5, 0.6) is 0 Å². The fraction of sp³-hybridized carbons (Fsp3) is 0.133. The van der Waals surface area contributed by atoms with E-state index in [-0.39, 0.29) is 9.99 Å². The summed E-state index contributed by atoms with van der Waals surface area (Å²) in [7, 11) is 0. The van der Waals surface area contributed by atoms with Crippen molar-refractivity contribution in [2.75, 3.05) is 6.26 Å². The predicted octanol–water partition coefficient (Wildman–Crippen LogP) is 4.92. The molecule has 0 aliphatic heterocycles. The van der Waals surface area contributed by atoms with Crippen molar-refractivity contribution >= 4 is 38.7 Å². The molecule has 2 nitrogen and oxygen atoms in total. The van der Waals surface area contributed by atoms with Gasteiger partial charge in [-0.15, -0.1) is 11.8 Å². The Morgan fingerprint density at radius 3 is 2.62 bits per heavy atom. The second-order valence-corrected chi connectivity index (χ2v) is 6.26. The summed E-state index contributed by atoms with van der Waals surface area (Å²) in [5.74, 6) is -0.706. The van der Waals surface area contributed by atoms with Gasteiger partial charge in [-0.1, -0.05) is 12.1 Å². The topological polar surface area (TPSA) is 28.7 Å². The Kier molecular flexibility index (Phi) is 3.99. The van der Waals surface area contributed by atoms with Crippen LogP contribution in [0.1, 0.15) is 11.4 Å². The summed E-state index contributed by atoms with van der Waals surface area (Å²) >= 11 is 4.56. The number of nitrogens with one attached hydrogen (secondary N) is 1. The van der Waals surface area contributed by atoms with Gasteiger partial charge in [0.05, 0.1) is 9.99 Å². The van der Waals surface area contributed by atoms with E-state index in [1.54, 1.807) is 11.8 Å². The molecule has 0 saturated carbocycles. The van der Waals surface area contributed by atoms with Gasteiger partial charge in [0.25, 0.3) is 0 Å². The van der Waals surface area contributed by atoms with Crippen LogP contribution in [0.4, 0.5) is 8.78 Å². The molecule has 108 valence electrons. The van der Waals surface area contributed by atoms with Gasteiger partial charge in [0, 0.05) is 17.4 Å². The Morgan fingerprint density at radius 2 is 1.95 bits per heavy atom. The van der Waals surface area contributed by atoms with E-state index in [1.165, 1.54) is 11.0 Å². The highest BCUT2D eigenvalue weighted by molar-refractivity contribution is 9.10. The summed E-state index contributed by atoms with van der Waals surface area (Å²) < 4.78 is 27.2. The Bertz CT molecular complexity index is 800. The highest BCUT2D eigenvalue weighted by Gasteiger charge is 2.15. The van der Waals surface area contributed by atoms with Gasteiger partial charge < -0.3 is 4.98 Å². The summed E-state index contributed by atoms with van der Waals surface area (Å²) in [5, 5.41) is 0. The van der Waals surface area contributed by atoms with Crippen molar-refractivity contribution in [3.05, 3.63) is 57.8 Å². The SMILES string of the molecule is CSc1ccc(Cc2nc3c(F)c(Br)c(F)cc3[nH]2)cc1. The van der Waals surface area contributed by atoms with E-state index in [2.05, 4.69) is 25.9 Å². The number of hydrogen-bond acceptors (Lipinski definition) is 2. The standard InChI is InChI=1S/C15H11BrF2N2S/c1-21-9-4-2-8(3-5-9)6-12-19-11-7-10(17)13(16)14(18)15(11)20-12/h2-5,7H,6H2,1H3,(H,19,20). The van der Waals surface area contributed by atoms with E-state index >= 15 is 0 Å². The number of H-pyrrole nitrogens is 1. The lowest BCUT2D eigenvalue weighted by Crippen LogP contribution is -1.90. The van der Waals surface area contributed by atoms with Crippen LogP contribution in [0.3, 0.4) is 0 Å². The van der Waals surface area contributed by atoms with Crippen LogP contribution in [-0.4, -0.2) is 16.2 Å². The van der Waals surface area contributed by atoms with Crippen LogP contribution in [-0.2, 0) is 6.42 Å². The molecule has 2 aromatic carbocycles. The maximum atomic E-state index is 13.9. The van der Waals surface area contributed by atoms with Crippen LogP contribution < -0.4 is 0 Å². The normalized spacial score (nSPS) is 11.2. The first-order valence-electron chi connectivity index (χ1n) is 6.23. The van der Waals surface area contributed by atoms with Gasteiger partial charge >= 0.3 is 0 Å². The van der Waals surface area contributed by atoms with Crippen LogP contribution in [0.15, 0.2) is 39.7 Å². The molecular weight excluding hydrogens is 358 g/mol. The van der Waals surface area contributed by atoms with Gasteiger partial charge in [0.15, 0.2) is 5.82 Å². The van der Waals surface area contributed by atoms with Crippen LogP contribution in [0, 0.1) is 11.6 Å². The molecule has 0 radical (unpaired) electrons. The first kappa shape index (κ1) is 14.5. The lowest BCUT2D eigenvalue weighted by molar-refractivity contribution is 0.579. The molecule has 0 unspecified atom stereocenters. The summed E-state index contributed by atoms with van der Waals surface area (Å²) in [6, 6.07) is 9.31. The average Bonchev–Trinajstić information content (AvgIpc) is 2.88. The summed E-state index contributed by atoms with van der Waals surface area (Å²) in [6.45, 7) is 0. The zero-order valence-electron chi connectivity index (χ0n) is 11.1.